The van der Waals surface area contributed by atoms with Crippen LogP contribution >= 0.6 is 0 Å². The summed E-state index contributed by atoms with van der Waals surface area (Å²) in [7, 11) is 0. The van der Waals surface area contributed by atoms with Crippen molar-refractivity contribution in [1.29, 1.82) is 0 Å². The number of ether oxygens (including phenoxy) is 2. The minimum absolute atomic E-state index is 0.132. The van der Waals surface area contributed by atoms with Crippen molar-refractivity contribution in [2.45, 2.75) is 39.5 Å². The Morgan fingerprint density at radius 2 is 1.52 bits per heavy atom. The molecule has 1 aliphatic heterocycles. The van der Waals surface area contributed by atoms with Crippen LogP contribution in [-0.2, 0) is 0 Å². The van der Waals surface area contributed by atoms with Gasteiger partial charge in [0, 0.05) is 11.3 Å². The van der Waals surface area contributed by atoms with Gasteiger partial charge in [-0.3, -0.25) is 4.79 Å². The van der Waals surface area contributed by atoms with Gasteiger partial charge in [-0.2, -0.15) is 0 Å². The van der Waals surface area contributed by atoms with E-state index in [2.05, 4.69) is 51.2 Å². The van der Waals surface area contributed by atoms with Gasteiger partial charge in [-0.05, 0) is 41.2 Å². The van der Waals surface area contributed by atoms with Crippen LogP contribution in [-0.4, -0.2) is 19.1 Å². The standard InChI is InChI=1S/C21H25NO3/c1-13(2)16-6-5-7-17(14(3)4)20(16)22-21(23)15-8-9-18-19(12-15)25-11-10-24-18/h5-9,12-14H,10-11H2,1-4H3,(H,22,23). The highest BCUT2D eigenvalue weighted by atomic mass is 16.6. The summed E-state index contributed by atoms with van der Waals surface area (Å²) in [6.45, 7) is 9.60. The molecule has 4 nitrogen and oxygen atoms in total. The second kappa shape index (κ2) is 7.18. The molecule has 0 radical (unpaired) electrons. The Morgan fingerprint density at radius 1 is 0.920 bits per heavy atom. The average molecular weight is 339 g/mol. The zero-order valence-electron chi connectivity index (χ0n) is 15.3. The lowest BCUT2D eigenvalue weighted by atomic mass is 9.92. The first-order valence-electron chi connectivity index (χ1n) is 8.81. The first-order valence-corrected chi connectivity index (χ1v) is 8.81. The minimum Gasteiger partial charge on any atom is -0.486 e. The maximum atomic E-state index is 12.8. The number of hydrogen-bond acceptors (Lipinski definition) is 3. The predicted molar refractivity (Wildman–Crippen MR) is 100 cm³/mol. The van der Waals surface area contributed by atoms with E-state index in [0.717, 1.165) is 16.8 Å². The number of para-hydroxylation sites is 1. The number of hydrogen-bond donors (Lipinski definition) is 1. The largest absolute Gasteiger partial charge is 0.486 e. The number of fused-ring (bicyclic) bond motifs is 1. The van der Waals surface area contributed by atoms with E-state index in [1.165, 1.54) is 0 Å². The van der Waals surface area contributed by atoms with Crippen molar-refractivity contribution in [2.24, 2.45) is 0 Å². The molecule has 0 saturated heterocycles. The molecule has 25 heavy (non-hydrogen) atoms. The Labute approximate surface area is 149 Å². The van der Waals surface area contributed by atoms with Crippen molar-refractivity contribution in [2.75, 3.05) is 18.5 Å². The highest BCUT2D eigenvalue weighted by Crippen LogP contribution is 2.34. The van der Waals surface area contributed by atoms with Gasteiger partial charge in [0.2, 0.25) is 0 Å². The molecule has 3 rings (SSSR count). The highest BCUT2D eigenvalue weighted by Gasteiger charge is 2.19. The predicted octanol–water partition coefficient (Wildman–Crippen LogP) is 4.96. The first kappa shape index (κ1) is 17.3. The molecular weight excluding hydrogens is 314 g/mol. The molecule has 2 aromatic rings. The number of anilines is 1. The zero-order chi connectivity index (χ0) is 18.0. The van der Waals surface area contributed by atoms with Crippen molar-refractivity contribution in [3.63, 3.8) is 0 Å². The van der Waals surface area contributed by atoms with Crippen LogP contribution in [0.2, 0.25) is 0 Å². The van der Waals surface area contributed by atoms with E-state index in [0.29, 0.717) is 42.1 Å². The Kier molecular flexibility index (Phi) is 4.98. The molecule has 0 bridgehead atoms. The summed E-state index contributed by atoms with van der Waals surface area (Å²) >= 11 is 0. The van der Waals surface area contributed by atoms with Gasteiger partial charge in [-0.25, -0.2) is 0 Å². The highest BCUT2D eigenvalue weighted by molar-refractivity contribution is 6.05. The summed E-state index contributed by atoms with van der Waals surface area (Å²) in [6.07, 6.45) is 0. The van der Waals surface area contributed by atoms with Crippen molar-refractivity contribution in [3.8, 4) is 11.5 Å². The summed E-state index contributed by atoms with van der Waals surface area (Å²) in [5.41, 5.74) is 3.79. The summed E-state index contributed by atoms with van der Waals surface area (Å²) in [6, 6.07) is 11.5. The van der Waals surface area contributed by atoms with Crippen LogP contribution < -0.4 is 14.8 Å². The molecule has 0 atom stereocenters. The fourth-order valence-corrected chi connectivity index (χ4v) is 3.07. The molecule has 0 unspecified atom stereocenters. The lowest BCUT2D eigenvalue weighted by molar-refractivity contribution is 0.102. The SMILES string of the molecule is CC(C)c1cccc(C(C)C)c1NC(=O)c1ccc2c(c1)OCCO2. The van der Waals surface area contributed by atoms with Gasteiger partial charge >= 0.3 is 0 Å². The second-order valence-corrected chi connectivity index (χ2v) is 6.93. The maximum Gasteiger partial charge on any atom is 0.255 e. The number of nitrogens with one attached hydrogen (secondary N) is 1. The van der Waals surface area contributed by atoms with Crippen LogP contribution in [0.15, 0.2) is 36.4 Å². The number of carbonyl (C=O) groups is 1. The van der Waals surface area contributed by atoms with Crippen LogP contribution in [0.5, 0.6) is 11.5 Å². The Morgan fingerprint density at radius 3 is 2.12 bits per heavy atom. The quantitative estimate of drug-likeness (QED) is 0.856. The van der Waals surface area contributed by atoms with Crippen LogP contribution in [0.3, 0.4) is 0 Å². The molecule has 132 valence electrons. The minimum atomic E-state index is -0.132. The van der Waals surface area contributed by atoms with Gasteiger partial charge in [0.1, 0.15) is 13.2 Å². The summed E-state index contributed by atoms with van der Waals surface area (Å²) < 4.78 is 11.1. The molecule has 1 aliphatic rings. The van der Waals surface area contributed by atoms with E-state index in [1.807, 2.05) is 0 Å². The van der Waals surface area contributed by atoms with Crippen LogP contribution in [0.1, 0.15) is 61.0 Å². The molecule has 1 N–H and O–H groups in total. The lowest BCUT2D eigenvalue weighted by Crippen LogP contribution is -2.18. The molecule has 0 aliphatic carbocycles. The van der Waals surface area contributed by atoms with E-state index < -0.39 is 0 Å². The van der Waals surface area contributed by atoms with Gasteiger partial charge in [-0.15, -0.1) is 0 Å². The number of carbonyl (C=O) groups excluding carboxylic acids is 1. The molecule has 4 heteroatoms. The smallest absolute Gasteiger partial charge is 0.255 e. The summed E-state index contributed by atoms with van der Waals surface area (Å²) in [5.74, 6) is 1.84. The van der Waals surface area contributed by atoms with Gasteiger partial charge in [-0.1, -0.05) is 45.9 Å². The molecule has 1 amide bonds. The first-order chi connectivity index (χ1) is 12.0. The Balaban J connectivity index is 1.93. The number of amides is 1. The van der Waals surface area contributed by atoms with Crippen LogP contribution in [0, 0.1) is 0 Å². The Bertz CT molecular complexity index is 754. The van der Waals surface area contributed by atoms with Crippen molar-refractivity contribution in [1.82, 2.24) is 0 Å². The van der Waals surface area contributed by atoms with E-state index in [9.17, 15) is 4.79 Å². The monoisotopic (exact) mass is 339 g/mol. The molecule has 0 fully saturated rings. The third-order valence-electron chi connectivity index (χ3n) is 4.42. The topological polar surface area (TPSA) is 47.6 Å². The second-order valence-electron chi connectivity index (χ2n) is 6.93. The molecule has 0 saturated carbocycles. The molecule has 0 aromatic heterocycles. The lowest BCUT2D eigenvalue weighted by Gasteiger charge is -2.21. The van der Waals surface area contributed by atoms with Crippen LogP contribution in [0.4, 0.5) is 5.69 Å². The molecule has 2 aromatic carbocycles. The normalized spacial score (nSPS) is 13.2. The van der Waals surface area contributed by atoms with Crippen molar-refractivity contribution in [3.05, 3.63) is 53.1 Å². The fraction of sp³-hybridized carbons (Fsp3) is 0.381. The third-order valence-corrected chi connectivity index (χ3v) is 4.42. The van der Waals surface area contributed by atoms with Gasteiger partial charge < -0.3 is 14.8 Å². The fourth-order valence-electron chi connectivity index (χ4n) is 3.07. The zero-order valence-corrected chi connectivity index (χ0v) is 15.3. The summed E-state index contributed by atoms with van der Waals surface area (Å²) in [5, 5.41) is 3.13. The number of benzene rings is 2. The van der Waals surface area contributed by atoms with E-state index >= 15 is 0 Å². The van der Waals surface area contributed by atoms with Gasteiger partial charge in [0.15, 0.2) is 11.5 Å². The summed E-state index contributed by atoms with van der Waals surface area (Å²) in [4.78, 5) is 12.8. The molecule has 0 spiro atoms. The molecule has 1 heterocycles. The van der Waals surface area contributed by atoms with E-state index in [1.54, 1.807) is 18.2 Å². The van der Waals surface area contributed by atoms with Crippen LogP contribution in [0.25, 0.3) is 0 Å². The maximum absolute atomic E-state index is 12.8. The van der Waals surface area contributed by atoms with Crippen molar-refractivity contribution >= 4 is 11.6 Å². The third kappa shape index (κ3) is 3.63. The van der Waals surface area contributed by atoms with Crippen molar-refractivity contribution < 1.29 is 14.3 Å². The van der Waals surface area contributed by atoms with Gasteiger partial charge in [0.25, 0.3) is 5.91 Å². The average Bonchev–Trinajstić information content (AvgIpc) is 2.61. The van der Waals surface area contributed by atoms with E-state index in [4.69, 9.17) is 9.47 Å². The van der Waals surface area contributed by atoms with E-state index in [-0.39, 0.29) is 5.91 Å². The molecular formula is C21H25NO3. The number of rotatable bonds is 4. The Hall–Kier alpha value is -2.49. The van der Waals surface area contributed by atoms with Gasteiger partial charge in [0.05, 0.1) is 0 Å².